The van der Waals surface area contributed by atoms with E-state index < -0.39 is 0 Å². The molecule has 1 amide bonds. The van der Waals surface area contributed by atoms with E-state index in [0.29, 0.717) is 18.0 Å². The number of aromatic nitrogens is 6. The van der Waals surface area contributed by atoms with Gasteiger partial charge in [-0.1, -0.05) is 27.7 Å². The fourth-order valence-corrected chi connectivity index (χ4v) is 2.65. The minimum absolute atomic E-state index is 0.0277. The molecular formula is C17H23N7O. The van der Waals surface area contributed by atoms with Crippen LogP contribution in [0.25, 0.3) is 5.78 Å². The van der Waals surface area contributed by atoms with Crippen LogP contribution in [0.5, 0.6) is 0 Å². The molecule has 0 spiro atoms. The van der Waals surface area contributed by atoms with Crippen molar-refractivity contribution in [2.45, 2.75) is 46.2 Å². The Morgan fingerprint density at radius 1 is 1.28 bits per heavy atom. The standard InChI is InChI=1S/C17H23N7O/c1-11(2)14(8-23-6-5-18-10-23)21-16(25)13-7-15(12(3)4)24-17(22-13)19-9-20-24/h5-7,9-12,14H,8H2,1-4H3,(H,21,25)/t14-/m0/s1. The zero-order chi connectivity index (χ0) is 18.0. The van der Waals surface area contributed by atoms with Crippen molar-refractivity contribution in [2.75, 3.05) is 0 Å². The lowest BCUT2D eigenvalue weighted by Gasteiger charge is -2.23. The second-order valence-electron chi connectivity index (χ2n) is 6.78. The molecule has 8 heteroatoms. The third kappa shape index (κ3) is 3.67. The Bertz CT molecular complexity index is 851. The van der Waals surface area contributed by atoms with E-state index in [0.717, 1.165) is 5.69 Å². The van der Waals surface area contributed by atoms with Crippen LogP contribution >= 0.6 is 0 Å². The van der Waals surface area contributed by atoms with Crippen LogP contribution in [0.4, 0.5) is 0 Å². The van der Waals surface area contributed by atoms with E-state index in [9.17, 15) is 4.79 Å². The van der Waals surface area contributed by atoms with Crippen LogP contribution in [-0.4, -0.2) is 41.1 Å². The Hall–Kier alpha value is -2.77. The second-order valence-corrected chi connectivity index (χ2v) is 6.78. The molecule has 132 valence electrons. The molecule has 8 nitrogen and oxygen atoms in total. The fraction of sp³-hybridized carbons (Fsp3) is 0.471. The SMILES string of the molecule is CC(C)c1cc(C(=O)N[C@@H](Cn2ccnc2)C(C)C)nc2ncnn12. The topological polar surface area (TPSA) is 90.0 Å². The third-order valence-electron chi connectivity index (χ3n) is 4.19. The van der Waals surface area contributed by atoms with E-state index in [4.69, 9.17) is 0 Å². The molecule has 0 unspecified atom stereocenters. The molecule has 3 aromatic heterocycles. The minimum atomic E-state index is -0.203. The molecule has 0 fully saturated rings. The van der Waals surface area contributed by atoms with E-state index in [-0.39, 0.29) is 23.8 Å². The van der Waals surface area contributed by atoms with Gasteiger partial charge in [0.05, 0.1) is 12.0 Å². The maximum Gasteiger partial charge on any atom is 0.270 e. The van der Waals surface area contributed by atoms with Crippen LogP contribution < -0.4 is 5.32 Å². The highest BCUT2D eigenvalue weighted by Gasteiger charge is 2.20. The summed E-state index contributed by atoms with van der Waals surface area (Å²) in [5.41, 5.74) is 1.27. The first-order valence-electron chi connectivity index (χ1n) is 8.43. The summed E-state index contributed by atoms with van der Waals surface area (Å²) in [7, 11) is 0. The number of nitrogens with zero attached hydrogens (tertiary/aromatic N) is 6. The van der Waals surface area contributed by atoms with Crippen molar-refractivity contribution < 1.29 is 4.79 Å². The Labute approximate surface area is 146 Å². The number of imidazole rings is 1. The summed E-state index contributed by atoms with van der Waals surface area (Å²) in [6.07, 6.45) is 6.82. The van der Waals surface area contributed by atoms with Gasteiger partial charge in [0, 0.05) is 25.0 Å². The molecule has 0 bridgehead atoms. The van der Waals surface area contributed by atoms with Gasteiger partial charge in [-0.25, -0.2) is 14.5 Å². The van der Waals surface area contributed by atoms with Gasteiger partial charge in [-0.2, -0.15) is 10.1 Å². The average Bonchev–Trinajstić information content (AvgIpc) is 3.23. The minimum Gasteiger partial charge on any atom is -0.346 e. The maximum atomic E-state index is 12.8. The van der Waals surface area contributed by atoms with Gasteiger partial charge in [0.15, 0.2) is 0 Å². The van der Waals surface area contributed by atoms with Gasteiger partial charge in [0.25, 0.3) is 11.7 Å². The van der Waals surface area contributed by atoms with Gasteiger partial charge in [0.1, 0.15) is 12.0 Å². The summed E-state index contributed by atoms with van der Waals surface area (Å²) < 4.78 is 3.63. The number of nitrogens with one attached hydrogen (secondary N) is 1. The van der Waals surface area contributed by atoms with Crippen LogP contribution in [0, 0.1) is 5.92 Å². The first-order chi connectivity index (χ1) is 12.0. The summed E-state index contributed by atoms with van der Waals surface area (Å²) in [6.45, 7) is 8.92. The molecule has 25 heavy (non-hydrogen) atoms. The molecule has 0 saturated heterocycles. The molecule has 1 N–H and O–H groups in total. The van der Waals surface area contributed by atoms with Gasteiger partial charge in [-0.3, -0.25) is 4.79 Å². The predicted octanol–water partition coefficient (Wildman–Crippen LogP) is 1.90. The van der Waals surface area contributed by atoms with Crippen molar-refractivity contribution in [1.82, 2.24) is 34.4 Å². The van der Waals surface area contributed by atoms with Crippen molar-refractivity contribution in [3.05, 3.63) is 42.5 Å². The Morgan fingerprint density at radius 3 is 2.72 bits per heavy atom. The Morgan fingerprint density at radius 2 is 2.08 bits per heavy atom. The van der Waals surface area contributed by atoms with Crippen molar-refractivity contribution in [3.8, 4) is 0 Å². The lowest BCUT2D eigenvalue weighted by molar-refractivity contribution is 0.0915. The van der Waals surface area contributed by atoms with Crippen LogP contribution in [0.1, 0.15) is 49.8 Å². The third-order valence-corrected chi connectivity index (χ3v) is 4.19. The van der Waals surface area contributed by atoms with Crippen molar-refractivity contribution in [1.29, 1.82) is 0 Å². The summed E-state index contributed by atoms with van der Waals surface area (Å²) in [5, 5.41) is 7.27. The Balaban J connectivity index is 1.85. The summed E-state index contributed by atoms with van der Waals surface area (Å²) in [6, 6.07) is 1.76. The fourth-order valence-electron chi connectivity index (χ4n) is 2.65. The van der Waals surface area contributed by atoms with Gasteiger partial charge >= 0.3 is 0 Å². The van der Waals surface area contributed by atoms with Crippen molar-refractivity contribution in [2.24, 2.45) is 5.92 Å². The number of carbonyl (C=O) groups excluding carboxylic acids is 1. The molecule has 0 aromatic carbocycles. The second kappa shape index (κ2) is 7.00. The molecule has 3 rings (SSSR count). The largest absolute Gasteiger partial charge is 0.346 e. The van der Waals surface area contributed by atoms with Gasteiger partial charge in [-0.05, 0) is 17.9 Å². The zero-order valence-corrected chi connectivity index (χ0v) is 14.9. The molecule has 3 heterocycles. The Kier molecular flexibility index (Phi) is 4.78. The van der Waals surface area contributed by atoms with Crippen molar-refractivity contribution >= 4 is 11.7 Å². The van der Waals surface area contributed by atoms with Crippen LogP contribution in [0.15, 0.2) is 31.1 Å². The number of fused-ring (bicyclic) bond motifs is 1. The summed E-state index contributed by atoms with van der Waals surface area (Å²) in [4.78, 5) is 25.3. The van der Waals surface area contributed by atoms with Gasteiger partial charge < -0.3 is 9.88 Å². The molecule has 0 aliphatic heterocycles. The molecular weight excluding hydrogens is 318 g/mol. The highest BCUT2D eigenvalue weighted by molar-refractivity contribution is 5.93. The summed E-state index contributed by atoms with van der Waals surface area (Å²) in [5.74, 6) is 0.705. The predicted molar refractivity (Wildman–Crippen MR) is 93.2 cm³/mol. The van der Waals surface area contributed by atoms with E-state index in [1.165, 1.54) is 6.33 Å². The monoisotopic (exact) mass is 341 g/mol. The molecule has 0 aliphatic rings. The van der Waals surface area contributed by atoms with Crippen LogP contribution in [-0.2, 0) is 6.54 Å². The highest BCUT2D eigenvalue weighted by atomic mass is 16.2. The maximum absolute atomic E-state index is 12.8. The lowest BCUT2D eigenvalue weighted by Crippen LogP contribution is -2.41. The number of hydrogen-bond acceptors (Lipinski definition) is 5. The quantitative estimate of drug-likeness (QED) is 0.739. The molecule has 0 radical (unpaired) electrons. The van der Waals surface area contributed by atoms with Gasteiger partial charge in [0.2, 0.25) is 0 Å². The van der Waals surface area contributed by atoms with E-state index in [1.54, 1.807) is 23.1 Å². The number of rotatable bonds is 6. The van der Waals surface area contributed by atoms with E-state index >= 15 is 0 Å². The first-order valence-corrected chi connectivity index (χ1v) is 8.43. The van der Waals surface area contributed by atoms with Crippen molar-refractivity contribution in [3.63, 3.8) is 0 Å². The van der Waals surface area contributed by atoms with E-state index in [1.807, 2.05) is 24.6 Å². The average molecular weight is 341 g/mol. The molecule has 0 aliphatic carbocycles. The highest BCUT2D eigenvalue weighted by Crippen LogP contribution is 2.16. The first kappa shape index (κ1) is 17.1. The molecule has 3 aromatic rings. The van der Waals surface area contributed by atoms with E-state index in [2.05, 4.69) is 39.2 Å². The number of hydrogen-bond donors (Lipinski definition) is 1. The molecule has 1 atom stereocenters. The smallest absolute Gasteiger partial charge is 0.270 e. The van der Waals surface area contributed by atoms with Crippen LogP contribution in [0.3, 0.4) is 0 Å². The lowest BCUT2D eigenvalue weighted by atomic mass is 10.0. The number of carbonyl (C=O) groups is 1. The zero-order valence-electron chi connectivity index (χ0n) is 14.9. The molecule has 0 saturated carbocycles. The number of amides is 1. The van der Waals surface area contributed by atoms with Crippen LogP contribution in [0.2, 0.25) is 0 Å². The summed E-state index contributed by atoms with van der Waals surface area (Å²) >= 11 is 0. The van der Waals surface area contributed by atoms with Gasteiger partial charge in [-0.15, -0.1) is 0 Å². The normalized spacial score (nSPS) is 12.9.